The van der Waals surface area contributed by atoms with Gasteiger partial charge in [0.15, 0.2) is 0 Å². The molecule has 0 aromatic rings. The van der Waals surface area contributed by atoms with E-state index in [1.165, 1.54) is 31.3 Å². The summed E-state index contributed by atoms with van der Waals surface area (Å²) < 4.78 is 0. The van der Waals surface area contributed by atoms with E-state index in [-0.39, 0.29) is 5.41 Å². The van der Waals surface area contributed by atoms with E-state index in [2.05, 4.69) is 37.4 Å². The number of hydrogen-bond donors (Lipinski definition) is 2. The fourth-order valence-electron chi connectivity index (χ4n) is 5.36. The molecule has 0 spiro atoms. The molecular weight excluding hydrogens is 250 g/mol. The molecular formula is C16H25N3O. The minimum atomic E-state index is -0.605. The molecule has 3 rings (SSSR count). The quantitative estimate of drug-likeness (QED) is 0.590. The van der Waals surface area contributed by atoms with Gasteiger partial charge in [0.25, 0.3) is 0 Å². The second-order valence-electron chi connectivity index (χ2n) is 7.45. The molecule has 3 N–H and O–H groups in total. The maximum atomic E-state index is 10.7. The van der Waals surface area contributed by atoms with Gasteiger partial charge in [-0.25, -0.2) is 10.2 Å². The Morgan fingerprint density at radius 2 is 2.20 bits per heavy atom. The molecule has 0 saturated heterocycles. The van der Waals surface area contributed by atoms with Gasteiger partial charge in [-0.3, -0.25) is 0 Å². The topological polar surface area (TPSA) is 67.5 Å². The van der Waals surface area contributed by atoms with Gasteiger partial charge in [-0.05, 0) is 59.8 Å². The van der Waals surface area contributed by atoms with E-state index in [9.17, 15) is 4.79 Å². The number of allylic oxidation sites excluding steroid dienone is 2. The van der Waals surface area contributed by atoms with Gasteiger partial charge >= 0.3 is 6.03 Å². The van der Waals surface area contributed by atoms with Crippen LogP contribution < -0.4 is 11.2 Å². The predicted molar refractivity (Wildman–Crippen MR) is 80.1 cm³/mol. The van der Waals surface area contributed by atoms with E-state index in [1.54, 1.807) is 0 Å². The van der Waals surface area contributed by atoms with Crippen molar-refractivity contribution in [3.8, 4) is 0 Å². The molecule has 4 nitrogen and oxygen atoms in total. The lowest BCUT2D eigenvalue weighted by atomic mass is 9.57. The van der Waals surface area contributed by atoms with Crippen molar-refractivity contribution in [1.82, 2.24) is 5.43 Å². The summed E-state index contributed by atoms with van der Waals surface area (Å²) in [6, 6.07) is -0.605. The molecule has 0 radical (unpaired) electrons. The van der Waals surface area contributed by atoms with Crippen molar-refractivity contribution in [2.24, 2.45) is 39.4 Å². The number of nitrogens with zero attached hydrogens (tertiary/aromatic N) is 1. The average Bonchev–Trinajstić information content (AvgIpc) is 2.81. The van der Waals surface area contributed by atoms with Crippen molar-refractivity contribution >= 4 is 12.2 Å². The molecule has 2 fully saturated rings. The Morgan fingerprint density at radius 1 is 1.45 bits per heavy atom. The summed E-state index contributed by atoms with van der Waals surface area (Å²) >= 11 is 0. The smallest absolute Gasteiger partial charge is 0.332 e. The van der Waals surface area contributed by atoms with Crippen LogP contribution >= 0.6 is 0 Å². The highest BCUT2D eigenvalue weighted by atomic mass is 16.2. The number of carbonyl (C=O) groups is 1. The zero-order chi connectivity index (χ0) is 14.5. The van der Waals surface area contributed by atoms with Crippen LogP contribution in [0.5, 0.6) is 0 Å². The Bertz CT molecular complexity index is 498. The molecule has 110 valence electrons. The minimum Gasteiger partial charge on any atom is -0.350 e. The van der Waals surface area contributed by atoms with Crippen molar-refractivity contribution in [2.75, 3.05) is 0 Å². The van der Waals surface area contributed by atoms with E-state index in [1.807, 2.05) is 6.21 Å². The summed E-state index contributed by atoms with van der Waals surface area (Å²) in [5.41, 5.74) is 9.19. The Balaban J connectivity index is 1.91. The standard InChI is InChI=1S/C16H25N3O/c1-10-4-7-16(3)11(9-18-19-14(17)20)8-15(2)6-5-12(10)13(15)16/h8-10,12-13H,4-7H2,1-3H3,(H3,17,19,20)/b18-9+/t10-,12-,13-,15-,16+/m0/s1. The van der Waals surface area contributed by atoms with E-state index in [0.717, 1.165) is 17.8 Å². The maximum absolute atomic E-state index is 10.7. The molecule has 0 aliphatic heterocycles. The molecule has 0 aromatic heterocycles. The number of nitrogens with two attached hydrogens (primary N) is 1. The molecule has 0 unspecified atom stereocenters. The van der Waals surface area contributed by atoms with Gasteiger partial charge < -0.3 is 5.73 Å². The first kappa shape index (κ1) is 13.7. The number of carbonyl (C=O) groups excluding carboxylic acids is 1. The number of nitrogens with one attached hydrogen (secondary N) is 1. The van der Waals surface area contributed by atoms with Crippen molar-refractivity contribution in [1.29, 1.82) is 0 Å². The van der Waals surface area contributed by atoms with Crippen LogP contribution in [0.25, 0.3) is 0 Å². The second kappa shape index (κ2) is 4.34. The first-order valence-corrected chi connectivity index (χ1v) is 7.69. The fourth-order valence-corrected chi connectivity index (χ4v) is 5.36. The Labute approximate surface area is 120 Å². The number of urea groups is 1. The highest BCUT2D eigenvalue weighted by Crippen LogP contribution is 2.68. The number of rotatable bonds is 2. The van der Waals surface area contributed by atoms with Crippen molar-refractivity contribution in [3.63, 3.8) is 0 Å². The lowest BCUT2D eigenvalue weighted by Crippen LogP contribution is -2.41. The zero-order valence-electron chi connectivity index (χ0n) is 12.6. The van der Waals surface area contributed by atoms with E-state index < -0.39 is 6.03 Å². The number of amides is 2. The molecule has 3 aliphatic carbocycles. The molecule has 0 aromatic carbocycles. The molecule has 0 heterocycles. The highest BCUT2D eigenvalue weighted by molar-refractivity contribution is 5.83. The summed E-state index contributed by atoms with van der Waals surface area (Å²) in [7, 11) is 0. The lowest BCUT2D eigenvalue weighted by Gasteiger charge is -2.47. The summed E-state index contributed by atoms with van der Waals surface area (Å²) in [5, 5.41) is 4.00. The van der Waals surface area contributed by atoms with E-state index >= 15 is 0 Å². The monoisotopic (exact) mass is 275 g/mol. The minimum absolute atomic E-state index is 0.214. The van der Waals surface area contributed by atoms with Gasteiger partial charge in [0.1, 0.15) is 0 Å². The first-order chi connectivity index (χ1) is 9.37. The van der Waals surface area contributed by atoms with Crippen LogP contribution in [0.2, 0.25) is 0 Å². The summed E-state index contributed by atoms with van der Waals surface area (Å²) in [6.45, 7) is 7.20. The number of hydrogen-bond acceptors (Lipinski definition) is 2. The number of hydrazone groups is 1. The second-order valence-corrected chi connectivity index (χ2v) is 7.45. The zero-order valence-corrected chi connectivity index (χ0v) is 12.6. The van der Waals surface area contributed by atoms with Crippen LogP contribution in [0.1, 0.15) is 46.5 Å². The van der Waals surface area contributed by atoms with Crippen molar-refractivity contribution < 1.29 is 4.79 Å². The van der Waals surface area contributed by atoms with Crippen molar-refractivity contribution in [2.45, 2.75) is 46.5 Å². The molecule has 5 atom stereocenters. The van der Waals surface area contributed by atoms with Crippen LogP contribution in [-0.4, -0.2) is 12.2 Å². The van der Waals surface area contributed by atoms with Gasteiger partial charge in [0, 0.05) is 0 Å². The van der Waals surface area contributed by atoms with Crippen LogP contribution in [0.15, 0.2) is 16.8 Å². The third-order valence-electron chi connectivity index (χ3n) is 6.21. The van der Waals surface area contributed by atoms with Gasteiger partial charge in [-0.15, -0.1) is 0 Å². The van der Waals surface area contributed by atoms with Crippen LogP contribution in [-0.2, 0) is 0 Å². The van der Waals surface area contributed by atoms with Gasteiger partial charge in [-0.2, -0.15) is 5.10 Å². The van der Waals surface area contributed by atoms with Gasteiger partial charge in [0.05, 0.1) is 6.21 Å². The van der Waals surface area contributed by atoms with E-state index in [0.29, 0.717) is 5.41 Å². The van der Waals surface area contributed by atoms with Crippen molar-refractivity contribution in [3.05, 3.63) is 11.6 Å². The fraction of sp³-hybridized carbons (Fsp3) is 0.750. The number of primary amides is 1. The average molecular weight is 275 g/mol. The molecule has 2 saturated carbocycles. The predicted octanol–water partition coefficient (Wildman–Crippen LogP) is 3.05. The Morgan fingerprint density at radius 3 is 2.90 bits per heavy atom. The highest BCUT2D eigenvalue weighted by Gasteiger charge is 2.60. The first-order valence-electron chi connectivity index (χ1n) is 7.69. The van der Waals surface area contributed by atoms with Crippen LogP contribution in [0.3, 0.4) is 0 Å². The van der Waals surface area contributed by atoms with E-state index in [4.69, 9.17) is 5.73 Å². The Kier molecular flexibility index (Phi) is 2.96. The van der Waals surface area contributed by atoms with Gasteiger partial charge in [0.2, 0.25) is 0 Å². The summed E-state index contributed by atoms with van der Waals surface area (Å²) in [6.07, 6.45) is 9.39. The SMILES string of the molecule is C[C@H]1CC[C@]2(C)C(/C=N/NC(N)=O)=C[C@]3(C)CC[C@@H]1[C@@H]32. The third kappa shape index (κ3) is 1.80. The Hall–Kier alpha value is -1.32. The molecule has 20 heavy (non-hydrogen) atoms. The molecule has 2 amide bonds. The third-order valence-corrected chi connectivity index (χ3v) is 6.21. The summed E-state index contributed by atoms with van der Waals surface area (Å²) in [5.74, 6) is 2.40. The normalized spacial score (nSPS) is 46.4. The molecule has 4 heteroatoms. The van der Waals surface area contributed by atoms with Crippen LogP contribution in [0.4, 0.5) is 4.79 Å². The van der Waals surface area contributed by atoms with Gasteiger partial charge in [-0.1, -0.05) is 26.8 Å². The van der Waals surface area contributed by atoms with Crippen LogP contribution in [0, 0.1) is 28.6 Å². The molecule has 3 aliphatic rings. The largest absolute Gasteiger partial charge is 0.350 e. The summed E-state index contributed by atoms with van der Waals surface area (Å²) in [4.78, 5) is 10.7. The molecule has 0 bridgehead atoms. The lowest BCUT2D eigenvalue weighted by molar-refractivity contribution is 0.0461. The maximum Gasteiger partial charge on any atom is 0.332 e.